The maximum atomic E-state index is 11.9. The molecule has 0 bridgehead atoms. The van der Waals surface area contributed by atoms with E-state index in [0.717, 1.165) is 31.5 Å². The minimum atomic E-state index is 0.279. The Morgan fingerprint density at radius 1 is 1.03 bits per heavy atom. The number of guanidine groups is 1. The first-order valence-electron chi connectivity index (χ1n) is 12.9. The lowest BCUT2D eigenvalue weighted by Crippen LogP contribution is -2.50. The van der Waals surface area contributed by atoms with Gasteiger partial charge in [-0.3, -0.25) is 4.79 Å². The molecular weight excluding hydrogens is 398 g/mol. The minimum Gasteiger partial charge on any atom is -0.357 e. The lowest BCUT2D eigenvalue weighted by molar-refractivity contribution is -0.128. The molecule has 176 valence electrons. The van der Waals surface area contributed by atoms with Gasteiger partial charge in [0.1, 0.15) is 0 Å². The number of amides is 1. The van der Waals surface area contributed by atoms with Crippen LogP contribution in [0.25, 0.3) is 0 Å². The second kappa shape index (κ2) is 11.7. The summed E-state index contributed by atoms with van der Waals surface area (Å²) in [6.07, 6.45) is 11.1. The number of piperidine rings is 1. The van der Waals surface area contributed by atoms with Crippen LogP contribution in [-0.2, 0) is 17.9 Å². The monoisotopic (exact) mass is 439 g/mol. The van der Waals surface area contributed by atoms with E-state index in [9.17, 15) is 4.79 Å². The molecule has 1 aromatic carbocycles. The van der Waals surface area contributed by atoms with Crippen LogP contribution < -0.4 is 10.6 Å². The molecular formula is C26H41N5O. The van der Waals surface area contributed by atoms with Gasteiger partial charge in [-0.1, -0.05) is 43.5 Å². The van der Waals surface area contributed by atoms with E-state index in [4.69, 9.17) is 4.99 Å². The van der Waals surface area contributed by atoms with E-state index in [1.54, 1.807) is 0 Å². The molecule has 2 aliphatic heterocycles. The highest BCUT2D eigenvalue weighted by molar-refractivity contribution is 5.80. The molecule has 4 rings (SSSR count). The van der Waals surface area contributed by atoms with Crippen molar-refractivity contribution in [2.24, 2.45) is 4.99 Å². The summed E-state index contributed by atoms with van der Waals surface area (Å²) in [7, 11) is 0. The molecule has 1 amide bonds. The zero-order valence-electron chi connectivity index (χ0n) is 19.8. The minimum absolute atomic E-state index is 0.279. The zero-order chi connectivity index (χ0) is 22.2. The van der Waals surface area contributed by atoms with E-state index in [1.807, 2.05) is 4.90 Å². The number of carbonyl (C=O) groups excluding carboxylic acids is 1. The van der Waals surface area contributed by atoms with Gasteiger partial charge in [-0.25, -0.2) is 4.99 Å². The van der Waals surface area contributed by atoms with Crippen LogP contribution >= 0.6 is 0 Å². The van der Waals surface area contributed by atoms with Crippen molar-refractivity contribution in [1.29, 1.82) is 0 Å². The predicted octanol–water partition coefficient (Wildman–Crippen LogP) is 3.66. The molecule has 32 heavy (non-hydrogen) atoms. The SMILES string of the molecule is CCNC(=NCc1cccc(CN2CCCC2=O)c1)NC1CCN(C2CCCCC2)CC1. The fourth-order valence-corrected chi connectivity index (χ4v) is 5.46. The number of hydrogen-bond acceptors (Lipinski definition) is 3. The van der Waals surface area contributed by atoms with E-state index in [0.29, 0.717) is 25.6 Å². The highest BCUT2D eigenvalue weighted by Gasteiger charge is 2.26. The fraction of sp³-hybridized carbons (Fsp3) is 0.692. The Kier molecular flexibility index (Phi) is 8.43. The Hall–Kier alpha value is -2.08. The Balaban J connectivity index is 1.28. The third-order valence-electron chi connectivity index (χ3n) is 7.26. The summed E-state index contributed by atoms with van der Waals surface area (Å²) in [5.41, 5.74) is 2.39. The van der Waals surface area contributed by atoms with Gasteiger partial charge in [0, 0.05) is 51.2 Å². The maximum absolute atomic E-state index is 11.9. The molecule has 1 aromatic rings. The molecule has 0 aromatic heterocycles. The molecule has 2 saturated heterocycles. The van der Waals surface area contributed by atoms with E-state index >= 15 is 0 Å². The molecule has 1 saturated carbocycles. The van der Waals surface area contributed by atoms with E-state index in [-0.39, 0.29) is 5.91 Å². The van der Waals surface area contributed by atoms with Crippen molar-refractivity contribution in [1.82, 2.24) is 20.4 Å². The Morgan fingerprint density at radius 2 is 1.81 bits per heavy atom. The van der Waals surface area contributed by atoms with Crippen LogP contribution in [0.3, 0.4) is 0 Å². The van der Waals surface area contributed by atoms with Gasteiger partial charge in [-0.2, -0.15) is 0 Å². The smallest absolute Gasteiger partial charge is 0.222 e. The van der Waals surface area contributed by atoms with Crippen molar-refractivity contribution in [2.75, 3.05) is 26.2 Å². The number of hydrogen-bond donors (Lipinski definition) is 2. The average Bonchev–Trinajstić information content (AvgIpc) is 3.23. The highest BCUT2D eigenvalue weighted by Crippen LogP contribution is 2.25. The lowest BCUT2D eigenvalue weighted by atomic mass is 9.92. The van der Waals surface area contributed by atoms with Crippen LogP contribution in [0.2, 0.25) is 0 Å². The van der Waals surface area contributed by atoms with Crippen LogP contribution in [-0.4, -0.2) is 59.9 Å². The number of likely N-dealkylation sites (tertiary alicyclic amines) is 2. The molecule has 0 radical (unpaired) electrons. The van der Waals surface area contributed by atoms with Gasteiger partial charge in [0.2, 0.25) is 5.91 Å². The quantitative estimate of drug-likeness (QED) is 0.503. The summed E-state index contributed by atoms with van der Waals surface area (Å²) in [5.74, 6) is 1.20. The van der Waals surface area contributed by atoms with E-state index in [2.05, 4.69) is 46.7 Å². The molecule has 2 N–H and O–H groups in total. The largest absolute Gasteiger partial charge is 0.357 e. The normalized spacial score (nSPS) is 21.8. The first-order chi connectivity index (χ1) is 15.7. The first kappa shape index (κ1) is 23.1. The zero-order valence-corrected chi connectivity index (χ0v) is 19.8. The van der Waals surface area contributed by atoms with Crippen molar-refractivity contribution in [3.05, 3.63) is 35.4 Å². The predicted molar refractivity (Wildman–Crippen MR) is 131 cm³/mol. The van der Waals surface area contributed by atoms with Crippen molar-refractivity contribution in [3.8, 4) is 0 Å². The second-order valence-electron chi connectivity index (χ2n) is 9.68. The number of nitrogens with one attached hydrogen (secondary N) is 2. The summed E-state index contributed by atoms with van der Waals surface area (Å²) in [5, 5.41) is 7.12. The number of benzene rings is 1. The Bertz CT molecular complexity index is 765. The number of aliphatic imine (C=N–C) groups is 1. The van der Waals surface area contributed by atoms with Crippen LogP contribution in [0.15, 0.2) is 29.3 Å². The maximum Gasteiger partial charge on any atom is 0.222 e. The third kappa shape index (κ3) is 6.47. The van der Waals surface area contributed by atoms with Crippen molar-refractivity contribution >= 4 is 11.9 Å². The summed E-state index contributed by atoms with van der Waals surface area (Å²) in [4.78, 5) is 21.5. The molecule has 1 aliphatic carbocycles. The number of carbonyl (C=O) groups is 1. The average molecular weight is 440 g/mol. The molecule has 0 atom stereocenters. The van der Waals surface area contributed by atoms with Crippen LogP contribution in [0.5, 0.6) is 0 Å². The molecule has 3 aliphatic rings. The number of rotatable bonds is 7. The van der Waals surface area contributed by atoms with Crippen LogP contribution in [0, 0.1) is 0 Å². The summed E-state index contributed by atoms with van der Waals surface area (Å²) >= 11 is 0. The number of nitrogens with zero attached hydrogens (tertiary/aromatic N) is 3. The third-order valence-corrected chi connectivity index (χ3v) is 7.26. The van der Waals surface area contributed by atoms with Gasteiger partial charge in [-0.15, -0.1) is 0 Å². The van der Waals surface area contributed by atoms with Gasteiger partial charge in [0.25, 0.3) is 0 Å². The van der Waals surface area contributed by atoms with Gasteiger partial charge < -0.3 is 20.4 Å². The van der Waals surface area contributed by atoms with Crippen molar-refractivity contribution in [3.63, 3.8) is 0 Å². The summed E-state index contributed by atoms with van der Waals surface area (Å²) < 4.78 is 0. The first-order valence-corrected chi connectivity index (χ1v) is 12.9. The van der Waals surface area contributed by atoms with Gasteiger partial charge >= 0.3 is 0 Å². The molecule has 0 spiro atoms. The van der Waals surface area contributed by atoms with Gasteiger partial charge in [0.15, 0.2) is 5.96 Å². The summed E-state index contributed by atoms with van der Waals surface area (Å²) in [6, 6.07) is 9.85. The summed E-state index contributed by atoms with van der Waals surface area (Å²) in [6.45, 7) is 7.65. The van der Waals surface area contributed by atoms with Gasteiger partial charge in [-0.05, 0) is 50.2 Å². The second-order valence-corrected chi connectivity index (χ2v) is 9.68. The molecule has 0 unspecified atom stereocenters. The lowest BCUT2D eigenvalue weighted by Gasteiger charge is -2.39. The van der Waals surface area contributed by atoms with E-state index in [1.165, 1.54) is 69.2 Å². The van der Waals surface area contributed by atoms with Crippen LogP contribution in [0.4, 0.5) is 0 Å². The van der Waals surface area contributed by atoms with E-state index < -0.39 is 0 Å². The van der Waals surface area contributed by atoms with Gasteiger partial charge in [0.05, 0.1) is 6.54 Å². The Labute approximate surface area is 193 Å². The topological polar surface area (TPSA) is 60.0 Å². The highest BCUT2D eigenvalue weighted by atomic mass is 16.2. The molecule has 3 fully saturated rings. The molecule has 2 heterocycles. The molecule has 6 heteroatoms. The van der Waals surface area contributed by atoms with Crippen LogP contribution in [0.1, 0.15) is 75.8 Å². The Morgan fingerprint density at radius 3 is 2.53 bits per heavy atom. The molecule has 6 nitrogen and oxygen atoms in total. The fourth-order valence-electron chi connectivity index (χ4n) is 5.46. The van der Waals surface area contributed by atoms with Crippen molar-refractivity contribution < 1.29 is 4.79 Å². The standard InChI is InChI=1S/C26H41N5O/c1-2-27-26(29-23-13-16-30(17-14-23)24-10-4-3-5-11-24)28-19-21-8-6-9-22(18-21)20-31-15-7-12-25(31)32/h6,8-9,18,23-24H,2-5,7,10-17,19-20H2,1H3,(H2,27,28,29). The van der Waals surface area contributed by atoms with Crippen molar-refractivity contribution in [2.45, 2.75) is 89.9 Å².